The number of carbonyl (C=O) groups excluding carboxylic acids is 1. The highest BCUT2D eigenvalue weighted by Crippen LogP contribution is 2.25. The highest BCUT2D eigenvalue weighted by Gasteiger charge is 2.31. The lowest BCUT2D eigenvalue weighted by Gasteiger charge is -2.14. The third-order valence-electron chi connectivity index (χ3n) is 3.45. The number of benzene rings is 1. The van der Waals surface area contributed by atoms with Crippen LogP contribution in [0.4, 0.5) is 4.39 Å². The number of aliphatic hydroxyl groups is 1. The number of hydrogen-bond donors (Lipinski definition) is 2. The maximum atomic E-state index is 13.6. The quantitative estimate of drug-likeness (QED) is 0.866. The van der Waals surface area contributed by atoms with Gasteiger partial charge in [0.25, 0.3) is 0 Å². The van der Waals surface area contributed by atoms with Gasteiger partial charge in [0.2, 0.25) is 5.91 Å². The molecule has 0 bridgehead atoms. The van der Waals surface area contributed by atoms with Crippen LogP contribution >= 0.6 is 0 Å². The molecule has 5 heteroatoms. The molecule has 2 unspecified atom stereocenters. The maximum Gasteiger partial charge on any atom is 0.225 e. The van der Waals surface area contributed by atoms with Crippen molar-refractivity contribution in [2.24, 2.45) is 5.92 Å². The van der Waals surface area contributed by atoms with Crippen LogP contribution in [-0.4, -0.2) is 17.1 Å². The van der Waals surface area contributed by atoms with Crippen LogP contribution in [-0.2, 0) is 11.3 Å². The zero-order valence-corrected chi connectivity index (χ0v) is 10.4. The van der Waals surface area contributed by atoms with Crippen molar-refractivity contribution in [1.29, 1.82) is 5.26 Å². The number of amides is 1. The fraction of sp³-hybridized carbons (Fsp3) is 0.429. The zero-order chi connectivity index (χ0) is 13.8. The Morgan fingerprint density at radius 3 is 2.89 bits per heavy atom. The summed E-state index contributed by atoms with van der Waals surface area (Å²) in [5, 5.41) is 20.9. The number of nitrogens with zero attached hydrogens (tertiary/aromatic N) is 1. The summed E-state index contributed by atoms with van der Waals surface area (Å²) in [4.78, 5) is 11.8. The number of aliphatic hydroxyl groups excluding tert-OH is 1. The van der Waals surface area contributed by atoms with E-state index in [1.807, 2.05) is 6.07 Å². The number of halogens is 1. The lowest BCUT2D eigenvalue weighted by Crippen LogP contribution is -2.34. The first-order valence-electron chi connectivity index (χ1n) is 6.26. The molecular weight excluding hydrogens is 247 g/mol. The molecule has 0 aromatic heterocycles. The van der Waals surface area contributed by atoms with Gasteiger partial charge in [-0.3, -0.25) is 4.79 Å². The largest absolute Gasteiger partial charge is 0.392 e. The highest BCUT2D eigenvalue weighted by atomic mass is 19.1. The third-order valence-corrected chi connectivity index (χ3v) is 3.45. The van der Waals surface area contributed by atoms with E-state index in [9.17, 15) is 14.3 Å². The number of carbonyl (C=O) groups is 1. The lowest BCUT2D eigenvalue weighted by molar-refractivity contribution is -0.127. The van der Waals surface area contributed by atoms with Crippen LogP contribution in [0.2, 0.25) is 0 Å². The molecule has 19 heavy (non-hydrogen) atoms. The van der Waals surface area contributed by atoms with Gasteiger partial charge in [0.05, 0.1) is 23.7 Å². The van der Waals surface area contributed by atoms with Gasteiger partial charge in [-0.25, -0.2) is 4.39 Å². The van der Waals surface area contributed by atoms with E-state index in [0.717, 1.165) is 12.5 Å². The summed E-state index contributed by atoms with van der Waals surface area (Å²) in [7, 11) is 0. The van der Waals surface area contributed by atoms with Gasteiger partial charge in [-0.05, 0) is 31.4 Å². The van der Waals surface area contributed by atoms with Crippen molar-refractivity contribution >= 4 is 5.91 Å². The van der Waals surface area contributed by atoms with Gasteiger partial charge < -0.3 is 10.4 Å². The molecule has 1 aromatic carbocycles. The molecule has 1 saturated carbocycles. The average Bonchev–Trinajstić information content (AvgIpc) is 2.83. The first-order valence-corrected chi connectivity index (χ1v) is 6.26. The zero-order valence-electron chi connectivity index (χ0n) is 10.4. The second-order valence-corrected chi connectivity index (χ2v) is 4.74. The van der Waals surface area contributed by atoms with Gasteiger partial charge >= 0.3 is 0 Å². The van der Waals surface area contributed by atoms with E-state index in [1.165, 1.54) is 12.1 Å². The van der Waals surface area contributed by atoms with Gasteiger partial charge in [0.15, 0.2) is 0 Å². The van der Waals surface area contributed by atoms with E-state index in [-0.39, 0.29) is 23.9 Å². The molecule has 2 rings (SSSR count). The van der Waals surface area contributed by atoms with Crippen LogP contribution in [0.25, 0.3) is 0 Å². The van der Waals surface area contributed by atoms with Gasteiger partial charge in [-0.15, -0.1) is 0 Å². The topological polar surface area (TPSA) is 73.1 Å². The van der Waals surface area contributed by atoms with E-state index in [1.54, 1.807) is 0 Å². The molecule has 1 aromatic rings. The lowest BCUT2D eigenvalue weighted by atomic mass is 10.0. The highest BCUT2D eigenvalue weighted by molar-refractivity contribution is 5.79. The SMILES string of the molecule is N#Cc1ccc(CNC(=O)C2CCCC2O)c(F)c1. The summed E-state index contributed by atoms with van der Waals surface area (Å²) in [6.07, 6.45) is 1.56. The second-order valence-electron chi connectivity index (χ2n) is 4.74. The smallest absolute Gasteiger partial charge is 0.225 e. The Morgan fingerprint density at radius 1 is 1.53 bits per heavy atom. The van der Waals surface area contributed by atoms with Crippen molar-refractivity contribution in [3.05, 3.63) is 35.1 Å². The molecule has 0 aliphatic heterocycles. The Kier molecular flexibility index (Phi) is 4.13. The second kappa shape index (κ2) is 5.81. The maximum absolute atomic E-state index is 13.6. The van der Waals surface area contributed by atoms with Crippen molar-refractivity contribution in [2.75, 3.05) is 0 Å². The van der Waals surface area contributed by atoms with Crippen molar-refractivity contribution in [1.82, 2.24) is 5.32 Å². The number of nitriles is 1. The molecule has 1 aliphatic rings. The molecule has 2 N–H and O–H groups in total. The van der Waals surface area contributed by atoms with E-state index >= 15 is 0 Å². The van der Waals surface area contributed by atoms with E-state index < -0.39 is 11.9 Å². The molecule has 1 aliphatic carbocycles. The Hall–Kier alpha value is -1.93. The average molecular weight is 262 g/mol. The fourth-order valence-corrected chi connectivity index (χ4v) is 2.32. The summed E-state index contributed by atoms with van der Waals surface area (Å²) in [6.45, 7) is 0.0690. The minimum Gasteiger partial charge on any atom is -0.392 e. The third kappa shape index (κ3) is 3.09. The standard InChI is InChI=1S/C14H15FN2O2/c15-12-6-9(7-16)4-5-10(12)8-17-14(19)11-2-1-3-13(11)18/h4-6,11,13,18H,1-3,8H2,(H,17,19). The summed E-state index contributed by atoms with van der Waals surface area (Å²) >= 11 is 0. The summed E-state index contributed by atoms with van der Waals surface area (Å²) in [5.74, 6) is -1.14. The van der Waals surface area contributed by atoms with Crippen LogP contribution in [0.3, 0.4) is 0 Å². The van der Waals surface area contributed by atoms with Gasteiger partial charge in [0.1, 0.15) is 5.82 Å². The molecule has 4 nitrogen and oxygen atoms in total. The van der Waals surface area contributed by atoms with E-state index in [2.05, 4.69) is 5.32 Å². The fourth-order valence-electron chi connectivity index (χ4n) is 2.32. The number of hydrogen-bond acceptors (Lipinski definition) is 3. The van der Waals surface area contributed by atoms with Crippen LogP contribution in [0.5, 0.6) is 0 Å². The van der Waals surface area contributed by atoms with Gasteiger partial charge in [-0.2, -0.15) is 5.26 Å². The molecule has 2 atom stereocenters. The monoisotopic (exact) mass is 262 g/mol. The molecule has 100 valence electrons. The van der Waals surface area contributed by atoms with Gasteiger partial charge in [0, 0.05) is 12.1 Å². The van der Waals surface area contributed by atoms with E-state index in [4.69, 9.17) is 5.26 Å². The predicted octanol–water partition coefficient (Wildman–Crippen LogP) is 1.47. The Balaban J connectivity index is 1.95. The molecule has 0 radical (unpaired) electrons. The summed E-state index contributed by atoms with van der Waals surface area (Å²) < 4.78 is 13.6. The van der Waals surface area contributed by atoms with Crippen LogP contribution in [0.1, 0.15) is 30.4 Å². The molecule has 1 fully saturated rings. The summed E-state index contributed by atoms with van der Waals surface area (Å²) in [5.41, 5.74) is 0.582. The normalized spacial score (nSPS) is 21.9. The molecular formula is C14H15FN2O2. The van der Waals surface area contributed by atoms with Crippen LogP contribution < -0.4 is 5.32 Å². The van der Waals surface area contributed by atoms with Crippen molar-refractivity contribution in [3.8, 4) is 6.07 Å². The molecule has 0 spiro atoms. The Morgan fingerprint density at radius 2 is 2.32 bits per heavy atom. The molecule has 0 saturated heterocycles. The predicted molar refractivity (Wildman–Crippen MR) is 66.3 cm³/mol. The van der Waals surface area contributed by atoms with E-state index in [0.29, 0.717) is 18.4 Å². The number of nitrogens with one attached hydrogen (secondary N) is 1. The Bertz CT molecular complexity index is 525. The van der Waals surface area contributed by atoms with Crippen LogP contribution in [0, 0.1) is 23.1 Å². The minimum atomic E-state index is -0.592. The van der Waals surface area contributed by atoms with Gasteiger partial charge in [-0.1, -0.05) is 6.07 Å². The molecule has 1 amide bonds. The first-order chi connectivity index (χ1) is 9.11. The van der Waals surface area contributed by atoms with Crippen molar-refractivity contribution < 1.29 is 14.3 Å². The Labute approximate surface area is 110 Å². The van der Waals surface area contributed by atoms with Crippen molar-refractivity contribution in [3.63, 3.8) is 0 Å². The minimum absolute atomic E-state index is 0.0690. The molecule has 0 heterocycles. The van der Waals surface area contributed by atoms with Crippen molar-refractivity contribution in [2.45, 2.75) is 31.9 Å². The first kappa shape index (κ1) is 13.5. The summed E-state index contributed by atoms with van der Waals surface area (Å²) in [6, 6.07) is 5.99. The number of rotatable bonds is 3. The van der Waals surface area contributed by atoms with Crippen LogP contribution in [0.15, 0.2) is 18.2 Å².